The van der Waals surface area contributed by atoms with Crippen molar-refractivity contribution in [1.29, 1.82) is 0 Å². The number of alkyl carbamates (subject to hydrolysis) is 1. The summed E-state index contributed by atoms with van der Waals surface area (Å²) < 4.78 is 11.3. The molecule has 2 aromatic rings. The summed E-state index contributed by atoms with van der Waals surface area (Å²) in [6, 6.07) is 14.7. The Labute approximate surface area is 167 Å². The maximum absolute atomic E-state index is 12.0. The maximum atomic E-state index is 12.0. The summed E-state index contributed by atoms with van der Waals surface area (Å²) in [5.41, 5.74) is 4.08. The second-order valence-corrected chi connectivity index (χ2v) is 8.34. The van der Waals surface area contributed by atoms with E-state index < -0.39 is 5.60 Å². The van der Waals surface area contributed by atoms with Crippen LogP contribution in [-0.2, 0) is 4.74 Å². The quantitative estimate of drug-likeness (QED) is 0.794. The second kappa shape index (κ2) is 8.13. The molecule has 1 aliphatic rings. The minimum atomic E-state index is -0.493. The fourth-order valence-electron chi connectivity index (χ4n) is 3.38. The molecule has 1 atom stereocenters. The van der Waals surface area contributed by atoms with Gasteiger partial charge in [-0.25, -0.2) is 4.79 Å². The molecule has 1 amide bonds. The molecule has 0 saturated carbocycles. The minimum Gasteiger partial charge on any atom is -0.493 e. The first-order chi connectivity index (χ1) is 13.2. The monoisotopic (exact) mass is 382 g/mol. The van der Waals surface area contributed by atoms with Crippen LogP contribution in [0.25, 0.3) is 0 Å². The van der Waals surface area contributed by atoms with E-state index in [4.69, 9.17) is 9.47 Å². The van der Waals surface area contributed by atoms with E-state index in [9.17, 15) is 4.79 Å². The molecule has 28 heavy (non-hydrogen) atoms. The molecule has 0 saturated heterocycles. The fourth-order valence-corrected chi connectivity index (χ4v) is 3.38. The number of fused-ring (bicyclic) bond motifs is 1. The summed E-state index contributed by atoms with van der Waals surface area (Å²) in [7, 11) is 2.06. The number of nitrogens with one attached hydrogen (secondary N) is 1. The zero-order valence-electron chi connectivity index (χ0n) is 17.4. The number of amides is 1. The topological polar surface area (TPSA) is 50.8 Å². The predicted octanol–water partition coefficient (Wildman–Crippen LogP) is 5.15. The predicted molar refractivity (Wildman–Crippen MR) is 113 cm³/mol. The SMILES string of the molecule is Cc1cccc(N(C)c2ccc3c(c2)OCC[C@H]3CNC(=O)OC(C)(C)C)c1. The van der Waals surface area contributed by atoms with E-state index in [1.165, 1.54) is 5.56 Å². The van der Waals surface area contributed by atoms with Crippen molar-refractivity contribution in [1.82, 2.24) is 5.32 Å². The standard InChI is InChI=1S/C23H30N2O3/c1-16-7-6-8-18(13-16)25(5)19-9-10-20-17(11-12-27-21(20)14-19)15-24-22(26)28-23(2,3)4/h6-10,13-14,17H,11-12,15H2,1-5H3,(H,24,26)/t17-/m0/s1. The summed E-state index contributed by atoms with van der Waals surface area (Å²) in [5.74, 6) is 1.11. The molecule has 0 unspecified atom stereocenters. The van der Waals surface area contributed by atoms with Crippen molar-refractivity contribution >= 4 is 17.5 Å². The highest BCUT2D eigenvalue weighted by atomic mass is 16.6. The third-order valence-electron chi connectivity index (χ3n) is 4.83. The molecule has 1 aliphatic heterocycles. The average Bonchev–Trinajstić information content (AvgIpc) is 2.64. The molecule has 0 spiro atoms. The van der Waals surface area contributed by atoms with E-state index in [2.05, 4.69) is 66.7 Å². The molecule has 0 aliphatic carbocycles. The number of carbonyl (C=O) groups excluding carboxylic acids is 1. The Morgan fingerprint density at radius 1 is 1.21 bits per heavy atom. The van der Waals surface area contributed by atoms with Gasteiger partial charge in [-0.05, 0) is 63.4 Å². The molecule has 0 bridgehead atoms. The molecule has 150 valence electrons. The first kappa shape index (κ1) is 20.1. The Morgan fingerprint density at radius 2 is 1.96 bits per heavy atom. The van der Waals surface area contributed by atoms with Gasteiger partial charge in [0.05, 0.1) is 6.61 Å². The summed E-state index contributed by atoms with van der Waals surface area (Å²) >= 11 is 0. The highest BCUT2D eigenvalue weighted by Gasteiger charge is 2.24. The van der Waals surface area contributed by atoms with Gasteiger partial charge in [-0.15, -0.1) is 0 Å². The van der Waals surface area contributed by atoms with Crippen molar-refractivity contribution in [2.75, 3.05) is 25.1 Å². The van der Waals surface area contributed by atoms with Gasteiger partial charge in [-0.3, -0.25) is 0 Å². The number of hydrogen-bond donors (Lipinski definition) is 1. The number of benzene rings is 2. The highest BCUT2D eigenvalue weighted by molar-refractivity contribution is 5.68. The average molecular weight is 383 g/mol. The Kier molecular flexibility index (Phi) is 5.82. The van der Waals surface area contributed by atoms with Crippen LogP contribution in [0.15, 0.2) is 42.5 Å². The van der Waals surface area contributed by atoms with Crippen LogP contribution in [0, 0.1) is 6.92 Å². The number of nitrogens with zero attached hydrogens (tertiary/aromatic N) is 1. The maximum Gasteiger partial charge on any atom is 0.407 e. The number of hydrogen-bond acceptors (Lipinski definition) is 4. The third kappa shape index (κ3) is 4.97. The molecule has 1 N–H and O–H groups in total. The molecule has 1 heterocycles. The summed E-state index contributed by atoms with van der Waals surface area (Å²) in [6.07, 6.45) is 0.493. The van der Waals surface area contributed by atoms with Gasteiger partial charge < -0.3 is 19.7 Å². The summed E-state index contributed by atoms with van der Waals surface area (Å²) in [5, 5.41) is 2.89. The van der Waals surface area contributed by atoms with Crippen molar-refractivity contribution in [3.63, 3.8) is 0 Å². The third-order valence-corrected chi connectivity index (χ3v) is 4.83. The van der Waals surface area contributed by atoms with Gasteiger partial charge in [0.25, 0.3) is 0 Å². The Balaban J connectivity index is 1.72. The van der Waals surface area contributed by atoms with Crippen LogP contribution >= 0.6 is 0 Å². The zero-order valence-corrected chi connectivity index (χ0v) is 17.4. The first-order valence-electron chi connectivity index (χ1n) is 9.77. The van der Waals surface area contributed by atoms with Gasteiger partial charge in [0.2, 0.25) is 0 Å². The number of aryl methyl sites for hydroxylation is 1. The van der Waals surface area contributed by atoms with Gasteiger partial charge in [-0.2, -0.15) is 0 Å². The van der Waals surface area contributed by atoms with E-state index in [-0.39, 0.29) is 12.0 Å². The first-order valence-corrected chi connectivity index (χ1v) is 9.77. The molecule has 5 heteroatoms. The smallest absolute Gasteiger partial charge is 0.407 e. The van der Waals surface area contributed by atoms with Gasteiger partial charge >= 0.3 is 6.09 Å². The van der Waals surface area contributed by atoms with E-state index in [1.807, 2.05) is 20.8 Å². The van der Waals surface area contributed by atoms with Crippen LogP contribution in [-0.4, -0.2) is 31.9 Å². The van der Waals surface area contributed by atoms with E-state index in [0.717, 1.165) is 29.1 Å². The zero-order chi connectivity index (χ0) is 20.3. The summed E-state index contributed by atoms with van der Waals surface area (Å²) in [6.45, 7) is 8.87. The number of rotatable bonds is 4. The van der Waals surface area contributed by atoms with Crippen LogP contribution in [0.1, 0.15) is 44.2 Å². The number of ether oxygens (including phenoxy) is 2. The van der Waals surface area contributed by atoms with Crippen LogP contribution in [0.3, 0.4) is 0 Å². The fraction of sp³-hybridized carbons (Fsp3) is 0.435. The van der Waals surface area contributed by atoms with Crippen molar-refractivity contribution in [3.8, 4) is 5.75 Å². The molecular formula is C23H30N2O3. The van der Waals surface area contributed by atoms with E-state index >= 15 is 0 Å². The second-order valence-electron chi connectivity index (χ2n) is 8.34. The molecule has 0 aromatic heterocycles. The van der Waals surface area contributed by atoms with Crippen LogP contribution < -0.4 is 15.0 Å². The molecule has 0 radical (unpaired) electrons. The van der Waals surface area contributed by atoms with Gasteiger partial charge in [0, 0.05) is 37.0 Å². The molecule has 2 aromatic carbocycles. The summed E-state index contributed by atoms with van der Waals surface area (Å²) in [4.78, 5) is 14.1. The Morgan fingerprint density at radius 3 is 2.68 bits per heavy atom. The lowest BCUT2D eigenvalue weighted by molar-refractivity contribution is 0.0521. The van der Waals surface area contributed by atoms with Crippen LogP contribution in [0.5, 0.6) is 5.75 Å². The normalized spacial score (nSPS) is 16.0. The molecule has 0 fully saturated rings. The molecular weight excluding hydrogens is 352 g/mol. The van der Waals surface area contributed by atoms with Crippen LogP contribution in [0.2, 0.25) is 0 Å². The van der Waals surface area contributed by atoms with E-state index in [1.54, 1.807) is 0 Å². The van der Waals surface area contributed by atoms with E-state index in [0.29, 0.717) is 13.2 Å². The lowest BCUT2D eigenvalue weighted by Gasteiger charge is -2.29. The number of carbonyl (C=O) groups is 1. The van der Waals surface area contributed by atoms with Gasteiger partial charge in [-0.1, -0.05) is 18.2 Å². The van der Waals surface area contributed by atoms with Crippen LogP contribution in [0.4, 0.5) is 16.2 Å². The van der Waals surface area contributed by atoms with Crippen molar-refractivity contribution < 1.29 is 14.3 Å². The minimum absolute atomic E-state index is 0.217. The Hall–Kier alpha value is -2.69. The van der Waals surface area contributed by atoms with Gasteiger partial charge in [0.15, 0.2) is 0 Å². The lowest BCUT2D eigenvalue weighted by atomic mass is 9.92. The van der Waals surface area contributed by atoms with Gasteiger partial charge in [0.1, 0.15) is 11.4 Å². The van der Waals surface area contributed by atoms with Crippen molar-refractivity contribution in [2.24, 2.45) is 0 Å². The molecule has 3 rings (SSSR count). The lowest BCUT2D eigenvalue weighted by Crippen LogP contribution is -2.35. The largest absolute Gasteiger partial charge is 0.493 e. The number of anilines is 2. The van der Waals surface area contributed by atoms with Crippen molar-refractivity contribution in [2.45, 2.75) is 45.6 Å². The Bertz CT molecular complexity index is 842. The highest BCUT2D eigenvalue weighted by Crippen LogP contribution is 2.37. The molecule has 5 nitrogen and oxygen atoms in total. The van der Waals surface area contributed by atoms with Crippen molar-refractivity contribution in [3.05, 3.63) is 53.6 Å².